The standard InChI is InChI=1S/C11H8ClFN4O3/c1-14-10-9(17(18)19)11(16-5-15-10)20-6-2-3-8(13)7(12)4-6/h2-5H,1H3,(H,14,15,16). The first kappa shape index (κ1) is 13.9. The van der Waals surface area contributed by atoms with Crippen molar-refractivity contribution in [1.29, 1.82) is 0 Å². The van der Waals surface area contributed by atoms with Crippen LogP contribution in [0.25, 0.3) is 0 Å². The minimum absolute atomic E-state index is 0.00760. The van der Waals surface area contributed by atoms with Crippen LogP contribution >= 0.6 is 11.6 Å². The molecule has 0 saturated heterocycles. The van der Waals surface area contributed by atoms with Crippen LogP contribution in [0.1, 0.15) is 0 Å². The second kappa shape index (κ2) is 5.66. The van der Waals surface area contributed by atoms with Crippen molar-refractivity contribution in [2.24, 2.45) is 0 Å². The third-order valence-corrected chi connectivity index (χ3v) is 2.60. The van der Waals surface area contributed by atoms with Gasteiger partial charge in [0.25, 0.3) is 0 Å². The first-order valence-corrected chi connectivity index (χ1v) is 5.70. The molecule has 7 nitrogen and oxygen atoms in total. The maximum Gasteiger partial charge on any atom is 0.373 e. The smallest absolute Gasteiger partial charge is 0.373 e. The van der Waals surface area contributed by atoms with Gasteiger partial charge in [0.15, 0.2) is 0 Å². The highest BCUT2D eigenvalue weighted by molar-refractivity contribution is 6.30. The second-order valence-corrected chi connectivity index (χ2v) is 3.97. The van der Waals surface area contributed by atoms with Gasteiger partial charge in [-0.05, 0) is 12.1 Å². The molecule has 0 aliphatic rings. The number of nitrogens with one attached hydrogen (secondary N) is 1. The average molecular weight is 299 g/mol. The molecule has 1 heterocycles. The number of rotatable bonds is 4. The molecule has 0 aliphatic carbocycles. The molecule has 9 heteroatoms. The largest absolute Gasteiger partial charge is 0.433 e. The summed E-state index contributed by atoms with van der Waals surface area (Å²) in [4.78, 5) is 17.8. The van der Waals surface area contributed by atoms with E-state index in [1.807, 2.05) is 0 Å². The molecule has 2 rings (SSSR count). The summed E-state index contributed by atoms with van der Waals surface area (Å²) in [6.07, 6.45) is 1.11. The summed E-state index contributed by atoms with van der Waals surface area (Å²) in [5.74, 6) is -0.752. The van der Waals surface area contributed by atoms with Crippen molar-refractivity contribution in [3.8, 4) is 11.6 Å². The van der Waals surface area contributed by atoms with Gasteiger partial charge < -0.3 is 10.1 Å². The quantitative estimate of drug-likeness (QED) is 0.689. The highest BCUT2D eigenvalue weighted by atomic mass is 35.5. The van der Waals surface area contributed by atoms with Crippen LogP contribution in [-0.2, 0) is 0 Å². The van der Waals surface area contributed by atoms with E-state index in [1.54, 1.807) is 0 Å². The van der Waals surface area contributed by atoms with Crippen molar-refractivity contribution in [1.82, 2.24) is 9.97 Å². The van der Waals surface area contributed by atoms with Gasteiger partial charge in [-0.2, -0.15) is 4.98 Å². The van der Waals surface area contributed by atoms with E-state index >= 15 is 0 Å². The SMILES string of the molecule is CNc1ncnc(Oc2ccc(F)c(Cl)c2)c1[N+](=O)[O-]. The number of hydrogen-bond acceptors (Lipinski definition) is 6. The van der Waals surface area contributed by atoms with Crippen molar-refractivity contribution < 1.29 is 14.1 Å². The summed E-state index contributed by atoms with van der Waals surface area (Å²) < 4.78 is 18.3. The minimum atomic E-state index is -0.674. The van der Waals surface area contributed by atoms with Crippen molar-refractivity contribution in [2.75, 3.05) is 12.4 Å². The number of halogens is 2. The summed E-state index contributed by atoms with van der Waals surface area (Å²) in [5.41, 5.74) is -0.421. The Labute approximate surface area is 117 Å². The van der Waals surface area contributed by atoms with Crippen LogP contribution < -0.4 is 10.1 Å². The highest BCUT2D eigenvalue weighted by Gasteiger charge is 2.24. The monoisotopic (exact) mass is 298 g/mol. The van der Waals surface area contributed by atoms with E-state index < -0.39 is 16.4 Å². The highest BCUT2D eigenvalue weighted by Crippen LogP contribution is 2.34. The third-order valence-electron chi connectivity index (χ3n) is 2.31. The molecule has 0 radical (unpaired) electrons. The summed E-state index contributed by atoms with van der Waals surface area (Å²) in [5, 5.41) is 13.4. The number of anilines is 1. The molecule has 0 atom stereocenters. The normalized spacial score (nSPS) is 10.2. The Balaban J connectivity index is 2.42. The third kappa shape index (κ3) is 2.75. The van der Waals surface area contributed by atoms with Crippen LogP contribution in [0.4, 0.5) is 15.9 Å². The average Bonchev–Trinajstić information content (AvgIpc) is 2.42. The molecular weight excluding hydrogens is 291 g/mol. The number of hydrogen-bond donors (Lipinski definition) is 1. The topological polar surface area (TPSA) is 90.2 Å². The van der Waals surface area contributed by atoms with Crippen molar-refractivity contribution in [2.45, 2.75) is 0 Å². The first-order valence-electron chi connectivity index (χ1n) is 5.33. The second-order valence-electron chi connectivity index (χ2n) is 3.56. The number of benzene rings is 1. The number of nitrogens with zero attached hydrogens (tertiary/aromatic N) is 3. The summed E-state index contributed by atoms with van der Waals surface area (Å²) in [6.45, 7) is 0. The van der Waals surface area contributed by atoms with Crippen LogP contribution in [0.5, 0.6) is 11.6 Å². The van der Waals surface area contributed by atoms with E-state index in [-0.39, 0.29) is 22.5 Å². The van der Waals surface area contributed by atoms with Crippen LogP contribution in [0.3, 0.4) is 0 Å². The summed E-state index contributed by atoms with van der Waals surface area (Å²) in [7, 11) is 1.48. The molecule has 104 valence electrons. The minimum Gasteiger partial charge on any atom is -0.433 e. The lowest BCUT2D eigenvalue weighted by molar-refractivity contribution is -0.385. The van der Waals surface area contributed by atoms with Crippen LogP contribution in [0, 0.1) is 15.9 Å². The lowest BCUT2D eigenvalue weighted by atomic mass is 10.3. The molecule has 20 heavy (non-hydrogen) atoms. The predicted molar refractivity (Wildman–Crippen MR) is 69.7 cm³/mol. The molecule has 0 unspecified atom stereocenters. The van der Waals surface area contributed by atoms with Gasteiger partial charge in [0.05, 0.1) is 9.95 Å². The molecule has 0 spiro atoms. The van der Waals surface area contributed by atoms with Gasteiger partial charge in [0.1, 0.15) is 17.9 Å². The van der Waals surface area contributed by atoms with Gasteiger partial charge in [0.2, 0.25) is 5.82 Å². The zero-order chi connectivity index (χ0) is 14.7. The summed E-state index contributed by atoms with van der Waals surface area (Å²) >= 11 is 5.61. The zero-order valence-corrected chi connectivity index (χ0v) is 10.9. The predicted octanol–water partition coefficient (Wildman–Crippen LogP) is 3.01. The van der Waals surface area contributed by atoms with Crippen molar-refractivity contribution in [3.63, 3.8) is 0 Å². The molecular formula is C11H8ClFN4O3. The van der Waals surface area contributed by atoms with Gasteiger partial charge in [-0.3, -0.25) is 10.1 Å². The lowest BCUT2D eigenvalue weighted by Gasteiger charge is -2.07. The zero-order valence-electron chi connectivity index (χ0n) is 10.1. The van der Waals surface area contributed by atoms with Gasteiger partial charge in [0, 0.05) is 13.1 Å². The van der Waals surface area contributed by atoms with Gasteiger partial charge in [-0.25, -0.2) is 9.37 Å². The number of ether oxygens (including phenoxy) is 1. The lowest BCUT2D eigenvalue weighted by Crippen LogP contribution is -2.03. The van der Waals surface area contributed by atoms with E-state index in [0.29, 0.717) is 0 Å². The van der Waals surface area contributed by atoms with Gasteiger partial charge in [-0.1, -0.05) is 11.6 Å². The van der Waals surface area contributed by atoms with E-state index in [1.165, 1.54) is 19.2 Å². The van der Waals surface area contributed by atoms with Gasteiger partial charge >= 0.3 is 11.6 Å². The molecule has 1 N–H and O–H groups in total. The Morgan fingerprint density at radius 2 is 2.20 bits per heavy atom. The fourth-order valence-electron chi connectivity index (χ4n) is 1.44. The number of aromatic nitrogens is 2. The van der Waals surface area contributed by atoms with E-state index in [2.05, 4.69) is 15.3 Å². The molecule has 0 amide bonds. The molecule has 0 aliphatic heterocycles. The summed E-state index contributed by atoms with van der Waals surface area (Å²) in [6, 6.07) is 3.57. The van der Waals surface area contributed by atoms with Crippen LogP contribution in [0.15, 0.2) is 24.5 Å². The van der Waals surface area contributed by atoms with Crippen molar-refractivity contribution in [3.05, 3.63) is 45.5 Å². The van der Waals surface area contributed by atoms with Crippen molar-refractivity contribution >= 4 is 23.1 Å². The molecule has 0 bridgehead atoms. The van der Waals surface area contributed by atoms with E-state index in [4.69, 9.17) is 16.3 Å². The maximum atomic E-state index is 13.0. The molecule has 0 fully saturated rings. The Kier molecular flexibility index (Phi) is 3.94. The van der Waals surface area contributed by atoms with Gasteiger partial charge in [-0.15, -0.1) is 0 Å². The molecule has 0 saturated carbocycles. The van der Waals surface area contributed by atoms with E-state index in [9.17, 15) is 14.5 Å². The van der Waals surface area contributed by atoms with Crippen LogP contribution in [-0.4, -0.2) is 21.9 Å². The Morgan fingerprint density at radius 1 is 1.45 bits per heavy atom. The number of nitro groups is 1. The molecule has 1 aromatic heterocycles. The Hall–Kier alpha value is -2.48. The van der Waals surface area contributed by atoms with Crippen LogP contribution in [0.2, 0.25) is 5.02 Å². The molecule has 2 aromatic rings. The molecule has 1 aromatic carbocycles. The maximum absolute atomic E-state index is 13.0. The first-order chi connectivity index (χ1) is 9.52. The fraction of sp³-hybridized carbons (Fsp3) is 0.0909. The van der Waals surface area contributed by atoms with E-state index in [0.717, 1.165) is 12.4 Å². The Bertz CT molecular complexity index is 668. The fourth-order valence-corrected chi connectivity index (χ4v) is 1.61. The Morgan fingerprint density at radius 3 is 2.80 bits per heavy atom.